The summed E-state index contributed by atoms with van der Waals surface area (Å²) in [5.74, 6) is -6.04. The Morgan fingerprint density at radius 3 is 1.59 bits per heavy atom. The molecular weight excluding hydrogens is 1060 g/mol. The fourth-order valence-corrected chi connectivity index (χ4v) is 14.0. The van der Waals surface area contributed by atoms with Crippen molar-refractivity contribution in [3.05, 3.63) is 24.7 Å². The average molecular weight is 1170 g/mol. The molecule has 19 heteroatoms. The zero-order valence-electron chi connectivity index (χ0n) is 54.5. The normalized spacial score (nSPS) is 37.3. The number of rotatable bonds is 9. The van der Waals surface area contributed by atoms with Gasteiger partial charge in [-0.2, -0.15) is 0 Å². The van der Waals surface area contributed by atoms with E-state index in [9.17, 15) is 33.6 Å². The smallest absolute Gasteiger partial charge is 0.410 e. The zero-order valence-corrected chi connectivity index (χ0v) is 54.5. The lowest BCUT2D eigenvalue weighted by atomic mass is 9.70. The van der Waals surface area contributed by atoms with Gasteiger partial charge in [0.1, 0.15) is 46.9 Å². The van der Waals surface area contributed by atoms with Gasteiger partial charge in [-0.25, -0.2) is 19.6 Å². The molecule has 0 unspecified atom stereocenters. The highest BCUT2D eigenvalue weighted by atomic mass is 16.6. The van der Waals surface area contributed by atoms with Crippen LogP contribution in [0.5, 0.6) is 0 Å². The van der Waals surface area contributed by atoms with E-state index in [1.54, 1.807) is 64.2 Å². The van der Waals surface area contributed by atoms with Crippen molar-refractivity contribution >= 4 is 58.4 Å². The topological polar surface area (TPSA) is 224 Å². The van der Waals surface area contributed by atoms with Crippen LogP contribution in [0.1, 0.15) is 177 Å². The second kappa shape index (κ2) is 29.2. The van der Waals surface area contributed by atoms with Gasteiger partial charge in [0.25, 0.3) is 0 Å². The predicted octanol–water partition coefficient (Wildman–Crippen LogP) is 11.2. The molecule has 468 valence electrons. The molecule has 7 heterocycles. The van der Waals surface area contributed by atoms with Crippen LogP contribution in [-0.4, -0.2) is 152 Å². The van der Waals surface area contributed by atoms with Crippen LogP contribution in [0.25, 0.3) is 11.2 Å². The third kappa shape index (κ3) is 14.2. The Labute approximate surface area is 495 Å². The molecule has 2 aromatic rings. The van der Waals surface area contributed by atoms with Crippen LogP contribution in [0.15, 0.2) is 29.6 Å². The molecule has 5 aliphatic rings. The first kappa shape index (κ1) is 70.2. The largest absolute Gasteiger partial charge is 0.458 e. The number of aromatic nitrogens is 3. The van der Waals surface area contributed by atoms with Crippen LogP contribution in [0, 0.1) is 59.2 Å². The van der Waals surface area contributed by atoms with E-state index >= 15 is 0 Å². The van der Waals surface area contributed by atoms with Crippen LogP contribution in [0.3, 0.4) is 0 Å². The Morgan fingerprint density at radius 2 is 1.08 bits per heavy atom. The van der Waals surface area contributed by atoms with Crippen molar-refractivity contribution in [1.29, 1.82) is 0 Å². The number of aliphatic imine (C=N–C) groups is 1. The van der Waals surface area contributed by atoms with E-state index in [1.807, 2.05) is 114 Å². The average Bonchev–Trinajstić information content (AvgIpc) is 2.37. The Bertz CT molecular complexity index is 2610. The number of Topliss-reactive ketones (excluding diaryl/α,β-unsaturated/α-hetero) is 3. The van der Waals surface area contributed by atoms with E-state index < -0.39 is 100 Å². The van der Waals surface area contributed by atoms with Crippen LogP contribution >= 0.6 is 0 Å². The molecule has 5 aliphatic heterocycles. The number of carbonyl (C=O) groups excluding carboxylic acids is 7. The van der Waals surface area contributed by atoms with E-state index in [2.05, 4.69) is 23.8 Å². The van der Waals surface area contributed by atoms with E-state index in [0.717, 1.165) is 23.3 Å². The van der Waals surface area contributed by atoms with Gasteiger partial charge in [0.05, 0.1) is 36.2 Å². The van der Waals surface area contributed by atoms with Gasteiger partial charge in [-0.3, -0.25) is 33.9 Å². The van der Waals surface area contributed by atoms with Crippen LogP contribution in [0.4, 0.5) is 9.59 Å². The summed E-state index contributed by atoms with van der Waals surface area (Å²) >= 11 is 0. The minimum absolute atomic E-state index is 0.0356. The zero-order chi connectivity index (χ0) is 62.9. The van der Waals surface area contributed by atoms with Gasteiger partial charge < -0.3 is 37.9 Å². The number of cyclic esters (lactones) is 2. The molecule has 0 saturated carbocycles. The molecule has 4 fully saturated rings. The predicted molar refractivity (Wildman–Crippen MR) is 320 cm³/mol. The van der Waals surface area contributed by atoms with Gasteiger partial charge in [0.15, 0.2) is 16.8 Å². The molecule has 18 atom stereocenters. The number of unbranched alkanes of at least 4 members (excludes halogenated alkanes) is 1. The molecule has 0 radical (unpaired) electrons. The number of hydrogen-bond donors (Lipinski definition) is 0. The van der Waals surface area contributed by atoms with Crippen LogP contribution in [0.2, 0.25) is 0 Å². The number of esters is 2. The number of imidazole rings is 1. The number of methoxy groups -OCH3 is 2. The molecule has 2 bridgehead atoms. The summed E-state index contributed by atoms with van der Waals surface area (Å²) in [4.78, 5) is 111. The highest BCUT2D eigenvalue weighted by Crippen LogP contribution is 2.46. The molecule has 2 aromatic heterocycles. The third-order valence-electron chi connectivity index (χ3n) is 19.6. The van der Waals surface area contributed by atoms with Gasteiger partial charge in [0.2, 0.25) is 0 Å². The lowest BCUT2D eigenvalue weighted by Gasteiger charge is -2.43. The lowest BCUT2D eigenvalue weighted by molar-refractivity contribution is -0.173. The number of nitrogens with zero attached hydrogens (tertiary/aromatic N) is 6. The molecule has 7 rings (SSSR count). The summed E-state index contributed by atoms with van der Waals surface area (Å²) < 4.78 is 38.0. The summed E-state index contributed by atoms with van der Waals surface area (Å²) in [6.45, 7) is 40.0. The first-order valence-corrected chi connectivity index (χ1v) is 30.9. The third-order valence-corrected chi connectivity index (χ3v) is 19.6. The Kier molecular flexibility index (Phi) is 24.7. The summed E-state index contributed by atoms with van der Waals surface area (Å²) in [7, 11) is 3.26. The number of hydrogen-bond acceptors (Lipinski definition) is 16. The summed E-state index contributed by atoms with van der Waals surface area (Å²) in [6, 6.07) is 2.74. The van der Waals surface area contributed by atoms with Gasteiger partial charge in [-0.15, -0.1) is 0 Å². The molecule has 4 saturated heterocycles. The number of ketones is 3. The number of fused-ring (bicyclic) bond motifs is 3. The molecule has 0 N–H and O–H groups in total. The van der Waals surface area contributed by atoms with Crippen molar-refractivity contribution in [3.63, 3.8) is 0 Å². The van der Waals surface area contributed by atoms with Crippen molar-refractivity contribution in [2.24, 2.45) is 64.2 Å². The second-order valence-electron chi connectivity index (χ2n) is 24.5. The summed E-state index contributed by atoms with van der Waals surface area (Å²) in [5, 5.41) is 0. The van der Waals surface area contributed by atoms with E-state index in [0.29, 0.717) is 58.3 Å². The summed E-state index contributed by atoms with van der Waals surface area (Å²) in [6.07, 6.45) is 4.25. The van der Waals surface area contributed by atoms with Crippen molar-refractivity contribution in [3.8, 4) is 0 Å². The van der Waals surface area contributed by atoms with Crippen molar-refractivity contribution in [2.75, 3.05) is 33.9 Å². The second-order valence-corrected chi connectivity index (χ2v) is 24.5. The minimum atomic E-state index is -1.31. The van der Waals surface area contributed by atoms with Gasteiger partial charge in [0, 0.05) is 75.4 Å². The molecule has 83 heavy (non-hydrogen) atoms. The monoisotopic (exact) mass is 1160 g/mol. The molecule has 0 spiro atoms. The first-order valence-electron chi connectivity index (χ1n) is 30.9. The number of ether oxygens (including phenoxy) is 6. The fourth-order valence-electron chi connectivity index (χ4n) is 14.0. The Morgan fingerprint density at radius 1 is 0.602 bits per heavy atom. The molecular formula is C64H104N6O13. The van der Waals surface area contributed by atoms with Gasteiger partial charge in [-0.1, -0.05) is 96.9 Å². The quantitative estimate of drug-likeness (QED) is 0.0985. The standard InChI is InChI=1S/C34H50N4O7.C26H42N2O6.2C2H6/c1-10-26-34(8)29(38(32(42)45-34)17-12-11-16-37-19-36-25-14-13-15-35-30(25)37)22(4)27(39)20(2)18-33(7,43-9)24(6)21(3)28(40)23(5)31(41)44-26;1-10-19-26(8)22-16(4)20(27-11-12-28(22)24(31)34-26)14(2)13-25(7,32-9)18(6)15(3)21(29)17(5)23(30)33-19;2*1-2/h13-15,19-24,26,29H,10-12,16-18H2,1-9H3;14-19,22H,10-13H2,1-9H3;2*1-2H3/t20-,21-,22+,23-,24-,26-,29-,33-,34-;14-,15-,16+,17-,18-,19-,22-,25-,26-;;/m11../s1. The fraction of sp³-hybridized carbons (Fsp3) is 0.781. The molecule has 0 aliphatic carbocycles. The van der Waals surface area contributed by atoms with Crippen molar-refractivity contribution < 1.29 is 62.0 Å². The van der Waals surface area contributed by atoms with Crippen LogP contribution in [-0.2, 0) is 58.9 Å². The number of pyridine rings is 1. The lowest BCUT2D eigenvalue weighted by Crippen LogP contribution is -2.58. The van der Waals surface area contributed by atoms with Crippen LogP contribution < -0.4 is 0 Å². The van der Waals surface area contributed by atoms with Gasteiger partial charge >= 0.3 is 24.1 Å². The first-order chi connectivity index (χ1) is 39.0. The summed E-state index contributed by atoms with van der Waals surface area (Å²) in [5.41, 5.74) is -1.13. The minimum Gasteiger partial charge on any atom is -0.458 e. The number of carbonyl (C=O) groups is 7. The maximum Gasteiger partial charge on any atom is 0.410 e. The number of aryl methyl sites for hydroxylation is 1. The van der Waals surface area contributed by atoms with E-state index in [4.69, 9.17) is 33.4 Å². The van der Waals surface area contributed by atoms with Gasteiger partial charge in [-0.05, 0) is 110 Å². The molecule has 19 nitrogen and oxygen atoms in total. The maximum atomic E-state index is 14.2. The highest BCUT2D eigenvalue weighted by Gasteiger charge is 2.62. The van der Waals surface area contributed by atoms with E-state index in [-0.39, 0.29) is 47.1 Å². The Balaban J connectivity index is 0.000000348. The highest BCUT2D eigenvalue weighted by molar-refractivity contribution is 6.00. The molecule has 2 amide bonds. The van der Waals surface area contributed by atoms with Crippen molar-refractivity contribution in [1.82, 2.24) is 24.3 Å². The van der Waals surface area contributed by atoms with E-state index in [1.165, 1.54) is 0 Å². The molecule has 0 aromatic carbocycles. The van der Waals surface area contributed by atoms with Crippen molar-refractivity contribution in [2.45, 2.75) is 230 Å². The Hall–Kier alpha value is -5.30. The number of amides is 2. The maximum absolute atomic E-state index is 14.2. The SMILES string of the molecule is CC.CC.CC[C@H]1OC(=O)[C@H](C)C(=O)[C@H](C)[C@@H](C)[C@](C)(OC)C[C@@H](C)C(=O)[C@H](C)[C@H]2N(CCCCn3cnc4cccnc43)C(=O)O[C@]12C.CC[C@H]1OC(=O)[C@H](C)C(=O)[C@H](C)[C@@H](C)[C@](C)(OC)C[C@@H](C)C2=NCCN3C(=O)O[C@@]1(C)[C@H]3[C@H]2C.